The van der Waals surface area contributed by atoms with Crippen molar-refractivity contribution < 1.29 is 41.0 Å². The van der Waals surface area contributed by atoms with Crippen molar-refractivity contribution in [2.45, 2.75) is 56.2 Å². The van der Waals surface area contributed by atoms with Gasteiger partial charge in [-0.15, -0.1) is 0 Å². The third-order valence-electron chi connectivity index (χ3n) is 5.78. The second-order valence-electron chi connectivity index (χ2n) is 9.34. The number of amides is 1. The highest BCUT2D eigenvalue weighted by Crippen LogP contribution is 2.50. The second-order valence-corrected chi connectivity index (χ2v) is 9.34. The molecule has 4 nitrogen and oxygen atoms in total. The summed E-state index contributed by atoms with van der Waals surface area (Å²) in [5.74, 6) is -0.669. The second kappa shape index (κ2) is 8.79. The minimum atomic E-state index is -5.96. The highest BCUT2D eigenvalue weighted by atomic mass is 19.4. The van der Waals surface area contributed by atoms with E-state index in [1.54, 1.807) is 32.9 Å². The predicted octanol–water partition coefficient (Wildman–Crippen LogP) is 6.12. The molecule has 1 amide bonds. The summed E-state index contributed by atoms with van der Waals surface area (Å²) < 4.78 is 84.7. The summed E-state index contributed by atoms with van der Waals surface area (Å²) in [6.45, 7) is 5.58. The Balaban J connectivity index is 1.96. The summed E-state index contributed by atoms with van der Waals surface area (Å²) in [6.07, 6.45) is -12.5. The summed E-state index contributed by atoms with van der Waals surface area (Å²) in [7, 11) is 0. The van der Waals surface area contributed by atoms with Gasteiger partial charge in [-0.05, 0) is 31.9 Å². The van der Waals surface area contributed by atoms with Crippen LogP contribution in [-0.4, -0.2) is 47.1 Å². The molecule has 1 saturated heterocycles. The molecule has 34 heavy (non-hydrogen) atoms. The number of carbonyl (C=O) groups excluding carboxylic acids is 1. The fourth-order valence-electron chi connectivity index (χ4n) is 4.11. The first-order valence-corrected chi connectivity index (χ1v) is 10.5. The largest absolute Gasteiger partial charge is 0.444 e. The van der Waals surface area contributed by atoms with Crippen molar-refractivity contribution in [1.29, 1.82) is 0 Å². The number of hydrogen-bond donors (Lipinski definition) is 1. The molecular formula is C24H25F6NO3. The van der Waals surface area contributed by atoms with E-state index in [0.29, 0.717) is 17.7 Å². The zero-order valence-electron chi connectivity index (χ0n) is 18.7. The van der Waals surface area contributed by atoms with Gasteiger partial charge in [-0.3, -0.25) is 0 Å². The third-order valence-corrected chi connectivity index (χ3v) is 5.78. The average Bonchev–Trinajstić information content (AvgIpc) is 3.17. The van der Waals surface area contributed by atoms with Crippen LogP contribution >= 0.6 is 0 Å². The molecular weight excluding hydrogens is 464 g/mol. The smallest absolute Gasteiger partial charge is 0.430 e. The summed E-state index contributed by atoms with van der Waals surface area (Å²) in [5, 5.41) is 9.65. The van der Waals surface area contributed by atoms with Crippen LogP contribution in [0.5, 0.6) is 0 Å². The van der Waals surface area contributed by atoms with Gasteiger partial charge in [0.25, 0.3) is 5.60 Å². The number of rotatable bonds is 3. The van der Waals surface area contributed by atoms with Crippen LogP contribution in [0.3, 0.4) is 0 Å². The fraction of sp³-hybridized carbons (Fsp3) is 0.458. The highest BCUT2D eigenvalue weighted by Gasteiger charge is 2.71. The fourth-order valence-corrected chi connectivity index (χ4v) is 4.11. The van der Waals surface area contributed by atoms with Crippen molar-refractivity contribution in [2.24, 2.45) is 0 Å². The molecule has 2 atom stereocenters. The van der Waals surface area contributed by atoms with Crippen LogP contribution < -0.4 is 0 Å². The minimum Gasteiger partial charge on any atom is -0.444 e. The topological polar surface area (TPSA) is 49.8 Å². The number of aliphatic hydroxyl groups is 1. The quantitative estimate of drug-likeness (QED) is 0.529. The van der Waals surface area contributed by atoms with E-state index in [0.717, 1.165) is 17.7 Å². The Kier molecular flexibility index (Phi) is 6.69. The van der Waals surface area contributed by atoms with Gasteiger partial charge in [-0.2, -0.15) is 26.3 Å². The Morgan fingerprint density at radius 2 is 1.26 bits per heavy atom. The molecule has 0 aromatic heterocycles. The summed E-state index contributed by atoms with van der Waals surface area (Å²) in [5.41, 5.74) is -5.75. The SMILES string of the molecule is CC(C)(C)OC(=O)N1C[C@@H](c2ccccc2)[C@H](c2ccc(C(O)(C(F)(F)F)C(F)(F)F)cc2)C1. The zero-order chi connectivity index (χ0) is 25.5. The molecule has 2 aromatic carbocycles. The zero-order valence-corrected chi connectivity index (χ0v) is 18.7. The molecule has 2 aromatic rings. The first-order chi connectivity index (χ1) is 15.5. The van der Waals surface area contributed by atoms with Crippen LogP contribution in [0.4, 0.5) is 31.1 Å². The van der Waals surface area contributed by atoms with Crippen LogP contribution in [0, 0.1) is 0 Å². The Morgan fingerprint density at radius 3 is 1.68 bits per heavy atom. The lowest BCUT2D eigenvalue weighted by molar-refractivity contribution is -0.376. The number of hydrogen-bond acceptors (Lipinski definition) is 3. The third kappa shape index (κ3) is 5.01. The number of nitrogens with zero attached hydrogens (tertiary/aromatic N) is 1. The van der Waals surface area contributed by atoms with E-state index in [1.807, 2.05) is 18.2 Å². The van der Waals surface area contributed by atoms with Crippen LogP contribution in [0.2, 0.25) is 0 Å². The Hall–Kier alpha value is -2.75. The van der Waals surface area contributed by atoms with Crippen LogP contribution in [0.15, 0.2) is 54.6 Å². The molecule has 0 bridgehead atoms. The lowest BCUT2D eigenvalue weighted by Crippen LogP contribution is -2.53. The highest BCUT2D eigenvalue weighted by molar-refractivity contribution is 5.69. The van der Waals surface area contributed by atoms with Crippen molar-refractivity contribution in [3.05, 3.63) is 71.3 Å². The van der Waals surface area contributed by atoms with Gasteiger partial charge in [-0.1, -0.05) is 54.6 Å². The Morgan fingerprint density at radius 1 is 0.824 bits per heavy atom. The first kappa shape index (κ1) is 25.9. The molecule has 0 saturated carbocycles. The Labute approximate surface area is 193 Å². The van der Waals surface area contributed by atoms with Crippen LogP contribution in [-0.2, 0) is 10.3 Å². The van der Waals surface area contributed by atoms with Gasteiger partial charge in [0.05, 0.1) is 0 Å². The maximum Gasteiger partial charge on any atom is 0.430 e. The van der Waals surface area contributed by atoms with E-state index in [4.69, 9.17) is 4.74 Å². The molecule has 0 radical (unpaired) electrons. The number of ether oxygens (including phenoxy) is 1. The standard InChI is InChI=1S/C24H25F6NO3/c1-21(2,3)34-20(32)31-13-18(15-7-5-4-6-8-15)19(14-31)16-9-11-17(12-10-16)22(33,23(25,26)27)24(28,29)30/h4-12,18-19,33H,13-14H2,1-3H3/t18-,19-/m0/s1. The number of likely N-dealkylation sites (tertiary alicyclic amines) is 1. The molecule has 10 heteroatoms. The molecule has 1 aliphatic rings. The molecule has 1 heterocycles. The maximum atomic E-state index is 13.2. The number of carbonyl (C=O) groups is 1. The maximum absolute atomic E-state index is 13.2. The molecule has 0 spiro atoms. The van der Waals surface area contributed by atoms with Crippen LogP contribution in [0.1, 0.15) is 49.3 Å². The van der Waals surface area contributed by atoms with E-state index >= 15 is 0 Å². The van der Waals surface area contributed by atoms with Gasteiger partial charge in [0.1, 0.15) is 5.60 Å². The first-order valence-electron chi connectivity index (χ1n) is 10.5. The summed E-state index contributed by atoms with van der Waals surface area (Å²) >= 11 is 0. The lowest BCUT2D eigenvalue weighted by Gasteiger charge is -2.33. The summed E-state index contributed by atoms with van der Waals surface area (Å²) in [6, 6.07) is 12.6. The predicted molar refractivity (Wildman–Crippen MR) is 112 cm³/mol. The number of benzene rings is 2. The van der Waals surface area contributed by atoms with Crippen molar-refractivity contribution in [2.75, 3.05) is 13.1 Å². The van der Waals surface area contributed by atoms with Gasteiger partial charge in [0, 0.05) is 30.5 Å². The van der Waals surface area contributed by atoms with Crippen molar-refractivity contribution in [3.8, 4) is 0 Å². The summed E-state index contributed by atoms with van der Waals surface area (Å²) in [4.78, 5) is 14.1. The molecule has 0 aliphatic carbocycles. The van der Waals surface area contributed by atoms with Crippen molar-refractivity contribution in [1.82, 2.24) is 4.90 Å². The van der Waals surface area contributed by atoms with Crippen molar-refractivity contribution in [3.63, 3.8) is 0 Å². The number of alkyl halides is 6. The molecule has 186 valence electrons. The van der Waals surface area contributed by atoms with Gasteiger partial charge in [-0.25, -0.2) is 4.79 Å². The molecule has 3 rings (SSSR count). The van der Waals surface area contributed by atoms with Gasteiger partial charge in [0.15, 0.2) is 0 Å². The van der Waals surface area contributed by atoms with Gasteiger partial charge >= 0.3 is 18.4 Å². The molecule has 1 fully saturated rings. The van der Waals surface area contributed by atoms with E-state index in [-0.39, 0.29) is 19.0 Å². The average molecular weight is 489 g/mol. The van der Waals surface area contributed by atoms with E-state index < -0.39 is 41.1 Å². The molecule has 1 N–H and O–H groups in total. The molecule has 1 aliphatic heterocycles. The van der Waals surface area contributed by atoms with E-state index in [9.17, 15) is 36.2 Å². The normalized spacial score (nSPS) is 19.9. The van der Waals surface area contributed by atoms with Crippen molar-refractivity contribution >= 4 is 6.09 Å². The monoisotopic (exact) mass is 489 g/mol. The number of halogens is 6. The van der Waals surface area contributed by atoms with E-state index in [2.05, 4.69) is 0 Å². The Bertz CT molecular complexity index is 983. The lowest BCUT2D eigenvalue weighted by atomic mass is 9.83. The molecule has 0 unspecified atom stereocenters. The minimum absolute atomic E-state index is 0.163. The van der Waals surface area contributed by atoms with Gasteiger partial charge < -0.3 is 14.7 Å². The van der Waals surface area contributed by atoms with E-state index in [1.165, 1.54) is 4.90 Å². The van der Waals surface area contributed by atoms with Crippen LogP contribution in [0.25, 0.3) is 0 Å². The van der Waals surface area contributed by atoms with Gasteiger partial charge in [0.2, 0.25) is 0 Å².